The lowest BCUT2D eigenvalue weighted by Gasteiger charge is -2.11. The number of benzene rings is 2. The summed E-state index contributed by atoms with van der Waals surface area (Å²) in [7, 11) is -2.66. The Bertz CT molecular complexity index is 949. The van der Waals surface area contributed by atoms with Gasteiger partial charge in [0.05, 0.1) is 13.7 Å². The van der Waals surface area contributed by atoms with Gasteiger partial charge >= 0.3 is 16.1 Å². The monoisotopic (exact) mass is 424 g/mol. The third-order valence-electron chi connectivity index (χ3n) is 3.46. The third-order valence-corrected chi connectivity index (χ3v) is 4.96. The molecule has 0 aliphatic carbocycles. The van der Waals surface area contributed by atoms with Crippen molar-refractivity contribution in [1.29, 1.82) is 0 Å². The van der Waals surface area contributed by atoms with Gasteiger partial charge in [0.2, 0.25) is 0 Å². The highest BCUT2D eigenvalue weighted by Crippen LogP contribution is 2.31. The van der Waals surface area contributed by atoms with Gasteiger partial charge in [-0.05, 0) is 54.0 Å². The summed E-state index contributed by atoms with van der Waals surface area (Å²) in [4.78, 5) is 11.6. The first-order valence-electron chi connectivity index (χ1n) is 8.44. The summed E-state index contributed by atoms with van der Waals surface area (Å²) in [6, 6.07) is 10.2. The standard InChI is InChI=1S/C20H21ClO6S/c1-14(2)13-26-20(22)11-5-15-4-10-18(19(12-15)25-3)27-28(23,24)17-8-6-16(21)7-9-17/h4-12,14H,13H2,1-3H3/b11-5+. The molecule has 0 N–H and O–H groups in total. The van der Waals surface area contributed by atoms with Crippen LogP contribution in [-0.4, -0.2) is 28.1 Å². The molecule has 2 rings (SSSR count). The van der Waals surface area contributed by atoms with Crippen molar-refractivity contribution >= 4 is 33.8 Å². The zero-order valence-corrected chi connectivity index (χ0v) is 17.3. The van der Waals surface area contributed by atoms with Crippen LogP contribution in [0.5, 0.6) is 11.5 Å². The van der Waals surface area contributed by atoms with Crippen molar-refractivity contribution in [1.82, 2.24) is 0 Å². The van der Waals surface area contributed by atoms with E-state index in [4.69, 9.17) is 25.3 Å². The van der Waals surface area contributed by atoms with Crippen LogP contribution >= 0.6 is 11.6 Å². The number of carbonyl (C=O) groups excluding carboxylic acids is 1. The second kappa shape index (κ2) is 9.61. The molecule has 0 aliphatic heterocycles. The van der Waals surface area contributed by atoms with Crippen LogP contribution in [0.2, 0.25) is 5.02 Å². The van der Waals surface area contributed by atoms with Gasteiger partial charge in [-0.2, -0.15) is 8.42 Å². The fourth-order valence-electron chi connectivity index (χ4n) is 2.09. The molecule has 0 radical (unpaired) electrons. The molecule has 0 aromatic heterocycles. The third kappa shape index (κ3) is 6.28. The molecule has 0 fully saturated rings. The van der Waals surface area contributed by atoms with Gasteiger partial charge < -0.3 is 13.7 Å². The van der Waals surface area contributed by atoms with E-state index in [0.717, 1.165) is 0 Å². The molecule has 0 amide bonds. The summed E-state index contributed by atoms with van der Waals surface area (Å²) in [5.41, 5.74) is 0.620. The Morgan fingerprint density at radius 2 is 1.79 bits per heavy atom. The molecule has 2 aromatic rings. The Morgan fingerprint density at radius 1 is 1.11 bits per heavy atom. The molecule has 8 heteroatoms. The van der Waals surface area contributed by atoms with Gasteiger partial charge in [0.15, 0.2) is 11.5 Å². The topological polar surface area (TPSA) is 78.9 Å². The molecular formula is C20H21ClO6S. The zero-order valence-electron chi connectivity index (χ0n) is 15.7. The summed E-state index contributed by atoms with van der Waals surface area (Å²) in [5, 5.41) is 0.416. The van der Waals surface area contributed by atoms with E-state index in [-0.39, 0.29) is 22.3 Å². The largest absolute Gasteiger partial charge is 0.493 e. The van der Waals surface area contributed by atoms with Crippen molar-refractivity contribution in [2.24, 2.45) is 5.92 Å². The van der Waals surface area contributed by atoms with Crippen molar-refractivity contribution in [3.05, 3.63) is 59.1 Å². The molecule has 0 saturated heterocycles. The Labute approximate surface area is 169 Å². The number of rotatable bonds is 8. The maximum atomic E-state index is 12.4. The highest BCUT2D eigenvalue weighted by atomic mass is 35.5. The highest BCUT2D eigenvalue weighted by Gasteiger charge is 2.19. The van der Waals surface area contributed by atoms with E-state index < -0.39 is 16.1 Å². The predicted octanol–water partition coefficient (Wildman–Crippen LogP) is 4.33. The van der Waals surface area contributed by atoms with E-state index in [1.807, 2.05) is 13.8 Å². The van der Waals surface area contributed by atoms with E-state index in [1.54, 1.807) is 18.2 Å². The first-order valence-corrected chi connectivity index (χ1v) is 10.2. The van der Waals surface area contributed by atoms with Crippen LogP contribution in [-0.2, 0) is 19.6 Å². The normalized spacial score (nSPS) is 11.6. The Balaban J connectivity index is 2.16. The lowest BCUT2D eigenvalue weighted by atomic mass is 10.2. The summed E-state index contributed by atoms with van der Waals surface area (Å²) < 4.78 is 40.3. The number of halogens is 1. The van der Waals surface area contributed by atoms with Gasteiger partial charge in [-0.1, -0.05) is 31.5 Å². The maximum Gasteiger partial charge on any atom is 0.339 e. The molecule has 0 unspecified atom stereocenters. The van der Waals surface area contributed by atoms with Gasteiger partial charge in [0.1, 0.15) is 4.90 Å². The van der Waals surface area contributed by atoms with Crippen LogP contribution in [0.3, 0.4) is 0 Å². The van der Waals surface area contributed by atoms with Crippen LogP contribution in [0.15, 0.2) is 53.4 Å². The van der Waals surface area contributed by atoms with Gasteiger partial charge in [-0.3, -0.25) is 0 Å². The summed E-state index contributed by atoms with van der Waals surface area (Å²) in [6.07, 6.45) is 2.84. The van der Waals surface area contributed by atoms with E-state index >= 15 is 0 Å². The van der Waals surface area contributed by atoms with Gasteiger partial charge in [-0.25, -0.2) is 4.79 Å². The average molecular weight is 425 g/mol. The quantitative estimate of drug-likeness (QED) is 0.356. The molecular weight excluding hydrogens is 404 g/mol. The molecule has 0 saturated carbocycles. The van der Waals surface area contributed by atoms with Crippen molar-refractivity contribution in [3.63, 3.8) is 0 Å². The molecule has 2 aromatic carbocycles. The van der Waals surface area contributed by atoms with Crippen LogP contribution in [0.4, 0.5) is 0 Å². The minimum Gasteiger partial charge on any atom is -0.493 e. The summed E-state index contributed by atoms with van der Waals surface area (Å²) in [6.45, 7) is 4.22. The average Bonchev–Trinajstić information content (AvgIpc) is 2.65. The second-order valence-electron chi connectivity index (χ2n) is 6.26. The highest BCUT2D eigenvalue weighted by molar-refractivity contribution is 7.87. The van der Waals surface area contributed by atoms with Crippen LogP contribution in [0.25, 0.3) is 6.08 Å². The van der Waals surface area contributed by atoms with Gasteiger partial charge in [0.25, 0.3) is 0 Å². The maximum absolute atomic E-state index is 12.4. The fraction of sp³-hybridized carbons (Fsp3) is 0.250. The van der Waals surface area contributed by atoms with Crippen LogP contribution < -0.4 is 8.92 Å². The minimum absolute atomic E-state index is 0.0250. The lowest BCUT2D eigenvalue weighted by molar-refractivity contribution is -0.138. The Kier molecular flexibility index (Phi) is 7.48. The number of hydrogen-bond acceptors (Lipinski definition) is 6. The number of methoxy groups -OCH3 is 1. The molecule has 150 valence electrons. The number of hydrogen-bond donors (Lipinski definition) is 0. The van der Waals surface area contributed by atoms with Gasteiger partial charge in [-0.15, -0.1) is 0 Å². The molecule has 0 spiro atoms. The molecule has 0 atom stereocenters. The lowest BCUT2D eigenvalue weighted by Crippen LogP contribution is -2.10. The number of esters is 1. The van der Waals surface area contributed by atoms with Crippen molar-refractivity contribution in [2.75, 3.05) is 13.7 Å². The molecule has 0 bridgehead atoms. The van der Waals surface area contributed by atoms with Crippen molar-refractivity contribution < 1.29 is 26.9 Å². The Morgan fingerprint density at radius 3 is 2.39 bits per heavy atom. The first kappa shape index (κ1) is 21.8. The molecule has 6 nitrogen and oxygen atoms in total. The molecule has 0 aliphatic rings. The zero-order chi connectivity index (χ0) is 20.7. The molecule has 0 heterocycles. The smallest absolute Gasteiger partial charge is 0.339 e. The summed E-state index contributed by atoms with van der Waals surface area (Å²) >= 11 is 5.78. The predicted molar refractivity (Wildman–Crippen MR) is 107 cm³/mol. The van der Waals surface area contributed by atoms with E-state index in [1.165, 1.54) is 43.5 Å². The number of ether oxygens (including phenoxy) is 2. The van der Waals surface area contributed by atoms with E-state index in [2.05, 4.69) is 0 Å². The van der Waals surface area contributed by atoms with Crippen LogP contribution in [0.1, 0.15) is 19.4 Å². The SMILES string of the molecule is COc1cc(/C=C/C(=O)OCC(C)C)ccc1OS(=O)(=O)c1ccc(Cl)cc1. The van der Waals surface area contributed by atoms with Gasteiger partial charge in [0, 0.05) is 11.1 Å². The Hall–Kier alpha value is -2.51. The fourth-order valence-corrected chi connectivity index (χ4v) is 3.15. The van der Waals surface area contributed by atoms with Crippen molar-refractivity contribution in [3.8, 4) is 11.5 Å². The van der Waals surface area contributed by atoms with E-state index in [9.17, 15) is 13.2 Å². The van der Waals surface area contributed by atoms with E-state index in [0.29, 0.717) is 17.2 Å². The van der Waals surface area contributed by atoms with Crippen molar-refractivity contribution in [2.45, 2.75) is 18.7 Å². The molecule has 28 heavy (non-hydrogen) atoms. The minimum atomic E-state index is -4.05. The summed E-state index contributed by atoms with van der Waals surface area (Å²) in [5.74, 6) is 0.0157. The second-order valence-corrected chi connectivity index (χ2v) is 8.24. The first-order chi connectivity index (χ1) is 13.2. The number of carbonyl (C=O) groups is 1. The van der Waals surface area contributed by atoms with Crippen LogP contribution in [0, 0.1) is 5.92 Å².